The van der Waals surface area contributed by atoms with Gasteiger partial charge in [-0.05, 0) is 30.7 Å². The quantitative estimate of drug-likeness (QED) is 0.922. The number of para-hydroxylation sites is 1. The van der Waals surface area contributed by atoms with Crippen LogP contribution in [0.5, 0.6) is 11.5 Å². The second-order valence-electron chi connectivity index (χ2n) is 5.55. The van der Waals surface area contributed by atoms with Gasteiger partial charge in [0.1, 0.15) is 11.5 Å². The van der Waals surface area contributed by atoms with Crippen LogP contribution in [0.4, 0.5) is 0 Å². The maximum absolute atomic E-state index is 12.3. The normalized spacial score (nSPS) is 16.1. The summed E-state index contributed by atoms with van der Waals surface area (Å²) in [4.78, 5) is 12.3. The highest BCUT2D eigenvalue weighted by Gasteiger charge is 2.22. The van der Waals surface area contributed by atoms with E-state index in [4.69, 9.17) is 9.47 Å². The van der Waals surface area contributed by atoms with Gasteiger partial charge in [0, 0.05) is 12.0 Å². The van der Waals surface area contributed by atoms with Gasteiger partial charge in [0.05, 0.1) is 25.7 Å². The minimum Gasteiger partial charge on any atom is -0.494 e. The second kappa shape index (κ2) is 7.18. The van der Waals surface area contributed by atoms with E-state index in [0.29, 0.717) is 19.6 Å². The molecule has 4 heteroatoms. The Morgan fingerprint density at radius 1 is 1.22 bits per heavy atom. The van der Waals surface area contributed by atoms with Crippen molar-refractivity contribution in [1.29, 1.82) is 0 Å². The first kappa shape index (κ1) is 15.4. The number of carbonyl (C=O) groups is 1. The van der Waals surface area contributed by atoms with Gasteiger partial charge in [0.15, 0.2) is 0 Å². The minimum atomic E-state index is 0.0233. The van der Waals surface area contributed by atoms with Crippen molar-refractivity contribution in [3.05, 3.63) is 59.7 Å². The Labute approximate surface area is 136 Å². The summed E-state index contributed by atoms with van der Waals surface area (Å²) in [5.41, 5.74) is 2.03. The number of amides is 1. The Balaban J connectivity index is 1.62. The number of ether oxygens (including phenoxy) is 2. The summed E-state index contributed by atoms with van der Waals surface area (Å²) in [5.74, 6) is 1.72. The molecule has 1 heterocycles. The first-order chi connectivity index (χ1) is 11.3. The molecule has 1 aliphatic heterocycles. The van der Waals surface area contributed by atoms with Gasteiger partial charge >= 0.3 is 0 Å². The molecule has 0 aromatic heterocycles. The van der Waals surface area contributed by atoms with Crippen LogP contribution in [0.1, 0.15) is 30.5 Å². The van der Waals surface area contributed by atoms with Crippen molar-refractivity contribution in [2.75, 3.05) is 13.2 Å². The third-order valence-electron chi connectivity index (χ3n) is 3.89. The molecule has 0 radical (unpaired) electrons. The number of fused-ring (bicyclic) bond motifs is 1. The summed E-state index contributed by atoms with van der Waals surface area (Å²) >= 11 is 0. The molecule has 1 N–H and O–H groups in total. The number of nitrogens with one attached hydrogen (secondary N) is 1. The summed E-state index contributed by atoms with van der Waals surface area (Å²) in [6.07, 6.45) is 1.16. The SMILES string of the molecule is CCOc1ccc(CC(=O)NC2CCOc3ccccc32)cc1. The van der Waals surface area contributed by atoms with Gasteiger partial charge in [-0.2, -0.15) is 0 Å². The number of hydrogen-bond donors (Lipinski definition) is 1. The lowest BCUT2D eigenvalue weighted by Crippen LogP contribution is -2.33. The molecule has 120 valence electrons. The molecular formula is C19H21NO3. The van der Waals surface area contributed by atoms with Crippen molar-refractivity contribution < 1.29 is 14.3 Å². The maximum Gasteiger partial charge on any atom is 0.224 e. The lowest BCUT2D eigenvalue weighted by Gasteiger charge is -2.26. The number of rotatable bonds is 5. The second-order valence-corrected chi connectivity index (χ2v) is 5.55. The molecule has 2 aromatic carbocycles. The van der Waals surface area contributed by atoms with Crippen LogP contribution >= 0.6 is 0 Å². The Morgan fingerprint density at radius 3 is 2.78 bits per heavy atom. The van der Waals surface area contributed by atoms with E-state index in [1.807, 2.05) is 55.5 Å². The first-order valence-corrected chi connectivity index (χ1v) is 7.99. The fourth-order valence-corrected chi connectivity index (χ4v) is 2.79. The van der Waals surface area contributed by atoms with Gasteiger partial charge < -0.3 is 14.8 Å². The first-order valence-electron chi connectivity index (χ1n) is 7.99. The molecule has 2 aromatic rings. The fourth-order valence-electron chi connectivity index (χ4n) is 2.79. The summed E-state index contributed by atoms with van der Waals surface area (Å²) in [5, 5.41) is 3.11. The highest BCUT2D eigenvalue weighted by molar-refractivity contribution is 5.79. The van der Waals surface area contributed by atoms with E-state index in [2.05, 4.69) is 5.32 Å². The number of hydrogen-bond acceptors (Lipinski definition) is 3. The number of carbonyl (C=O) groups excluding carboxylic acids is 1. The average molecular weight is 311 g/mol. The third kappa shape index (κ3) is 3.83. The Hall–Kier alpha value is -2.49. The Kier molecular flexibility index (Phi) is 4.81. The molecule has 1 amide bonds. The van der Waals surface area contributed by atoms with Gasteiger partial charge in [-0.25, -0.2) is 0 Å². The maximum atomic E-state index is 12.3. The van der Waals surface area contributed by atoms with E-state index in [9.17, 15) is 4.79 Å². The van der Waals surface area contributed by atoms with Crippen molar-refractivity contribution in [1.82, 2.24) is 5.32 Å². The number of benzene rings is 2. The molecular weight excluding hydrogens is 290 g/mol. The largest absolute Gasteiger partial charge is 0.494 e. The summed E-state index contributed by atoms with van der Waals surface area (Å²) < 4.78 is 11.0. The molecule has 1 atom stereocenters. The molecule has 1 unspecified atom stereocenters. The van der Waals surface area contributed by atoms with Crippen LogP contribution in [0, 0.1) is 0 Å². The lowest BCUT2D eigenvalue weighted by molar-refractivity contribution is -0.121. The standard InChI is InChI=1S/C19H21NO3/c1-2-22-15-9-7-14(8-10-15)13-19(21)20-17-11-12-23-18-6-4-3-5-16(17)18/h3-10,17H,2,11-13H2,1H3,(H,20,21). The Morgan fingerprint density at radius 2 is 2.00 bits per heavy atom. The summed E-state index contributed by atoms with van der Waals surface area (Å²) in [6.45, 7) is 3.22. The molecule has 0 saturated heterocycles. The topological polar surface area (TPSA) is 47.6 Å². The van der Waals surface area contributed by atoms with Crippen LogP contribution in [0.2, 0.25) is 0 Å². The molecule has 0 fully saturated rings. The van der Waals surface area contributed by atoms with E-state index >= 15 is 0 Å². The lowest BCUT2D eigenvalue weighted by atomic mass is 10.00. The van der Waals surface area contributed by atoms with Crippen LogP contribution < -0.4 is 14.8 Å². The molecule has 0 spiro atoms. The van der Waals surface area contributed by atoms with Crippen LogP contribution in [0.25, 0.3) is 0 Å². The van der Waals surface area contributed by atoms with Crippen molar-refractivity contribution in [3.63, 3.8) is 0 Å². The smallest absolute Gasteiger partial charge is 0.224 e. The zero-order valence-electron chi connectivity index (χ0n) is 13.2. The highest BCUT2D eigenvalue weighted by Crippen LogP contribution is 2.31. The van der Waals surface area contributed by atoms with Gasteiger partial charge in [-0.1, -0.05) is 30.3 Å². The predicted octanol–water partition coefficient (Wildman–Crippen LogP) is 3.27. The Bertz CT molecular complexity index is 667. The molecule has 1 aliphatic rings. The van der Waals surface area contributed by atoms with Gasteiger partial charge in [-0.3, -0.25) is 4.79 Å². The van der Waals surface area contributed by atoms with E-state index < -0.39 is 0 Å². The average Bonchev–Trinajstić information content (AvgIpc) is 2.57. The van der Waals surface area contributed by atoms with E-state index in [-0.39, 0.29) is 11.9 Å². The van der Waals surface area contributed by atoms with Crippen molar-refractivity contribution >= 4 is 5.91 Å². The van der Waals surface area contributed by atoms with Gasteiger partial charge in [0.25, 0.3) is 0 Å². The minimum absolute atomic E-state index is 0.0233. The molecule has 23 heavy (non-hydrogen) atoms. The van der Waals surface area contributed by atoms with E-state index in [1.165, 1.54) is 0 Å². The monoisotopic (exact) mass is 311 g/mol. The van der Waals surface area contributed by atoms with Crippen LogP contribution in [-0.2, 0) is 11.2 Å². The van der Waals surface area contributed by atoms with E-state index in [1.54, 1.807) is 0 Å². The van der Waals surface area contributed by atoms with Gasteiger partial charge in [0.2, 0.25) is 5.91 Å². The highest BCUT2D eigenvalue weighted by atomic mass is 16.5. The molecule has 3 rings (SSSR count). The van der Waals surface area contributed by atoms with Crippen LogP contribution in [0.15, 0.2) is 48.5 Å². The molecule has 0 saturated carbocycles. The fraction of sp³-hybridized carbons (Fsp3) is 0.316. The zero-order chi connectivity index (χ0) is 16.1. The van der Waals surface area contributed by atoms with Crippen LogP contribution in [-0.4, -0.2) is 19.1 Å². The summed E-state index contributed by atoms with van der Waals surface area (Å²) in [6, 6.07) is 15.6. The predicted molar refractivity (Wildman–Crippen MR) is 88.8 cm³/mol. The van der Waals surface area contributed by atoms with Crippen LogP contribution in [0.3, 0.4) is 0 Å². The van der Waals surface area contributed by atoms with Crippen molar-refractivity contribution in [2.24, 2.45) is 0 Å². The van der Waals surface area contributed by atoms with Crippen molar-refractivity contribution in [3.8, 4) is 11.5 Å². The van der Waals surface area contributed by atoms with E-state index in [0.717, 1.165) is 29.0 Å². The molecule has 0 bridgehead atoms. The molecule has 0 aliphatic carbocycles. The summed E-state index contributed by atoms with van der Waals surface area (Å²) in [7, 11) is 0. The van der Waals surface area contributed by atoms with Crippen molar-refractivity contribution in [2.45, 2.75) is 25.8 Å². The molecule has 4 nitrogen and oxygen atoms in total. The van der Waals surface area contributed by atoms with Gasteiger partial charge in [-0.15, -0.1) is 0 Å². The third-order valence-corrected chi connectivity index (χ3v) is 3.89. The zero-order valence-corrected chi connectivity index (χ0v) is 13.2.